The van der Waals surface area contributed by atoms with Crippen LogP contribution in [0.1, 0.15) is 17.0 Å². The van der Waals surface area contributed by atoms with Gasteiger partial charge in [-0.3, -0.25) is 9.78 Å². The lowest BCUT2D eigenvalue weighted by Gasteiger charge is -2.20. The number of hydrogen-bond donors (Lipinski definition) is 1. The Hall–Kier alpha value is -3.02. The molecule has 6 nitrogen and oxygen atoms in total. The van der Waals surface area contributed by atoms with Gasteiger partial charge in [0.1, 0.15) is 13.2 Å². The maximum absolute atomic E-state index is 12.0. The molecule has 3 rings (SSSR count). The molecule has 1 aliphatic rings. The lowest BCUT2D eigenvalue weighted by Crippen LogP contribution is -2.21. The summed E-state index contributed by atoms with van der Waals surface area (Å²) in [6, 6.07) is 9.34. The Labute approximate surface area is 146 Å². The van der Waals surface area contributed by atoms with E-state index in [-0.39, 0.29) is 5.91 Å². The van der Waals surface area contributed by atoms with E-state index in [1.807, 2.05) is 31.2 Å². The van der Waals surface area contributed by atoms with Crippen molar-refractivity contribution in [3.05, 3.63) is 53.4 Å². The Bertz CT molecular complexity index is 785. The van der Waals surface area contributed by atoms with Crippen molar-refractivity contribution in [3.63, 3.8) is 0 Å². The molecular weight excluding hydrogens is 320 g/mol. The molecule has 0 unspecified atom stereocenters. The molecule has 0 saturated carbocycles. The quantitative estimate of drug-likeness (QED) is 0.847. The second-order valence-corrected chi connectivity index (χ2v) is 5.57. The Kier molecular flexibility index (Phi) is 5.18. The van der Waals surface area contributed by atoms with Crippen LogP contribution >= 0.6 is 0 Å². The maximum Gasteiger partial charge on any atom is 0.244 e. The van der Waals surface area contributed by atoms with E-state index < -0.39 is 0 Å². The van der Waals surface area contributed by atoms with Gasteiger partial charge in [-0.1, -0.05) is 6.07 Å². The van der Waals surface area contributed by atoms with E-state index >= 15 is 0 Å². The Morgan fingerprint density at radius 2 is 2.16 bits per heavy atom. The molecule has 1 aromatic heterocycles. The molecule has 130 valence electrons. The van der Waals surface area contributed by atoms with E-state index in [2.05, 4.69) is 10.3 Å². The largest absolute Gasteiger partial charge is 0.493 e. The number of rotatable bonds is 5. The molecule has 1 amide bonds. The zero-order valence-corrected chi connectivity index (χ0v) is 14.2. The Morgan fingerprint density at radius 1 is 1.32 bits per heavy atom. The van der Waals surface area contributed by atoms with Crippen molar-refractivity contribution in [2.75, 3.05) is 20.3 Å². The fourth-order valence-electron chi connectivity index (χ4n) is 2.50. The summed E-state index contributed by atoms with van der Waals surface area (Å²) in [5.74, 6) is 1.61. The second-order valence-electron chi connectivity index (χ2n) is 5.57. The topological polar surface area (TPSA) is 69.7 Å². The lowest BCUT2D eigenvalue weighted by molar-refractivity contribution is -0.116. The van der Waals surface area contributed by atoms with E-state index in [0.29, 0.717) is 37.0 Å². The molecule has 0 atom stereocenters. The first-order chi connectivity index (χ1) is 12.2. The third kappa shape index (κ3) is 4.29. The molecule has 25 heavy (non-hydrogen) atoms. The number of methoxy groups -OCH3 is 1. The average molecular weight is 340 g/mol. The summed E-state index contributed by atoms with van der Waals surface area (Å²) in [4.78, 5) is 16.4. The van der Waals surface area contributed by atoms with Crippen LogP contribution < -0.4 is 19.5 Å². The van der Waals surface area contributed by atoms with Gasteiger partial charge in [0.15, 0.2) is 11.5 Å². The zero-order chi connectivity index (χ0) is 17.6. The van der Waals surface area contributed by atoms with Crippen LogP contribution in [0.5, 0.6) is 17.2 Å². The van der Waals surface area contributed by atoms with Gasteiger partial charge < -0.3 is 19.5 Å². The van der Waals surface area contributed by atoms with Crippen LogP contribution in [0.2, 0.25) is 0 Å². The Morgan fingerprint density at radius 3 is 2.96 bits per heavy atom. The molecule has 2 heterocycles. The van der Waals surface area contributed by atoms with Gasteiger partial charge in [-0.05, 0) is 42.8 Å². The summed E-state index contributed by atoms with van der Waals surface area (Å²) in [5, 5.41) is 2.81. The molecule has 2 aromatic rings. The van der Waals surface area contributed by atoms with Gasteiger partial charge in [-0.15, -0.1) is 0 Å². The molecule has 0 aliphatic carbocycles. The van der Waals surface area contributed by atoms with Crippen molar-refractivity contribution >= 4 is 12.0 Å². The van der Waals surface area contributed by atoms with Crippen LogP contribution in [-0.2, 0) is 11.3 Å². The summed E-state index contributed by atoms with van der Waals surface area (Å²) >= 11 is 0. The second kappa shape index (κ2) is 7.70. The van der Waals surface area contributed by atoms with Crippen LogP contribution in [0.25, 0.3) is 6.08 Å². The van der Waals surface area contributed by atoms with Gasteiger partial charge in [-0.25, -0.2) is 0 Å². The highest BCUT2D eigenvalue weighted by Crippen LogP contribution is 2.40. The number of aromatic nitrogens is 1. The minimum absolute atomic E-state index is 0.197. The molecule has 1 N–H and O–H groups in total. The van der Waals surface area contributed by atoms with Gasteiger partial charge in [0.05, 0.1) is 19.3 Å². The van der Waals surface area contributed by atoms with E-state index in [0.717, 1.165) is 17.0 Å². The first-order valence-electron chi connectivity index (χ1n) is 8.02. The van der Waals surface area contributed by atoms with Gasteiger partial charge in [0.2, 0.25) is 11.7 Å². The van der Waals surface area contributed by atoms with Crippen molar-refractivity contribution in [1.82, 2.24) is 10.3 Å². The first kappa shape index (κ1) is 16.8. The van der Waals surface area contributed by atoms with Crippen molar-refractivity contribution in [2.24, 2.45) is 0 Å². The molecule has 0 radical (unpaired) electrons. The van der Waals surface area contributed by atoms with Gasteiger partial charge in [0.25, 0.3) is 0 Å². The third-order valence-electron chi connectivity index (χ3n) is 3.67. The smallest absolute Gasteiger partial charge is 0.244 e. The molecule has 6 heteroatoms. The van der Waals surface area contributed by atoms with Crippen LogP contribution in [-0.4, -0.2) is 31.2 Å². The lowest BCUT2D eigenvalue weighted by atomic mass is 10.1. The first-order valence-corrected chi connectivity index (χ1v) is 8.02. The van der Waals surface area contributed by atoms with E-state index in [9.17, 15) is 4.79 Å². The monoisotopic (exact) mass is 340 g/mol. The van der Waals surface area contributed by atoms with E-state index in [1.54, 1.807) is 19.3 Å². The molecular formula is C19H20N2O4. The Balaban J connectivity index is 1.66. The molecule has 1 aromatic carbocycles. The van der Waals surface area contributed by atoms with Crippen LogP contribution in [0.15, 0.2) is 36.4 Å². The highest BCUT2D eigenvalue weighted by Gasteiger charge is 2.17. The number of pyridine rings is 1. The number of carbonyl (C=O) groups excluding carboxylic acids is 1. The van der Waals surface area contributed by atoms with Crippen molar-refractivity contribution < 1.29 is 19.0 Å². The number of nitrogens with zero attached hydrogens (tertiary/aromatic N) is 1. The van der Waals surface area contributed by atoms with E-state index in [4.69, 9.17) is 14.2 Å². The van der Waals surface area contributed by atoms with Crippen LogP contribution in [0.4, 0.5) is 0 Å². The van der Waals surface area contributed by atoms with E-state index in [1.165, 1.54) is 6.08 Å². The minimum Gasteiger partial charge on any atom is -0.493 e. The third-order valence-corrected chi connectivity index (χ3v) is 3.67. The fraction of sp³-hybridized carbons (Fsp3) is 0.263. The highest BCUT2D eigenvalue weighted by atomic mass is 16.6. The summed E-state index contributed by atoms with van der Waals surface area (Å²) < 4.78 is 16.5. The minimum atomic E-state index is -0.197. The normalized spacial score (nSPS) is 12.9. The standard InChI is InChI=1S/C19H20N2O4/c1-13-4-3-5-15(21-13)12-20-18(22)7-6-14-10-16(23-2)19-17(11-14)24-8-9-25-19/h3-7,10-11H,8-9,12H2,1-2H3,(H,20,22)/b7-6+. The van der Waals surface area contributed by atoms with Gasteiger partial charge in [0, 0.05) is 11.8 Å². The predicted octanol–water partition coefficient (Wildman–Crippen LogP) is 2.50. The molecule has 0 bridgehead atoms. The number of fused-ring (bicyclic) bond motifs is 1. The zero-order valence-electron chi connectivity index (χ0n) is 14.2. The van der Waals surface area contributed by atoms with Gasteiger partial charge in [-0.2, -0.15) is 0 Å². The van der Waals surface area contributed by atoms with Crippen molar-refractivity contribution in [3.8, 4) is 17.2 Å². The summed E-state index contributed by atoms with van der Waals surface area (Å²) in [6.45, 7) is 3.29. The molecule has 0 saturated heterocycles. The number of amides is 1. The SMILES string of the molecule is COc1cc(/C=C/C(=O)NCc2cccc(C)n2)cc2c1OCCO2. The average Bonchev–Trinajstić information content (AvgIpc) is 2.64. The molecule has 0 fully saturated rings. The van der Waals surface area contributed by atoms with Crippen LogP contribution in [0, 0.1) is 6.92 Å². The number of ether oxygens (including phenoxy) is 3. The summed E-state index contributed by atoms with van der Waals surface area (Å²) in [7, 11) is 1.57. The van der Waals surface area contributed by atoms with Crippen molar-refractivity contribution in [2.45, 2.75) is 13.5 Å². The molecule has 1 aliphatic heterocycles. The number of benzene rings is 1. The number of nitrogens with one attached hydrogen (secondary N) is 1. The number of hydrogen-bond acceptors (Lipinski definition) is 5. The predicted molar refractivity (Wildman–Crippen MR) is 93.8 cm³/mol. The highest BCUT2D eigenvalue weighted by molar-refractivity contribution is 5.91. The fourth-order valence-corrected chi connectivity index (χ4v) is 2.50. The summed E-state index contributed by atoms with van der Waals surface area (Å²) in [5.41, 5.74) is 2.54. The number of aryl methyl sites for hydroxylation is 1. The van der Waals surface area contributed by atoms with Gasteiger partial charge >= 0.3 is 0 Å². The maximum atomic E-state index is 12.0. The van der Waals surface area contributed by atoms with Crippen LogP contribution in [0.3, 0.4) is 0 Å². The summed E-state index contributed by atoms with van der Waals surface area (Å²) in [6.07, 6.45) is 3.18. The molecule has 0 spiro atoms. The van der Waals surface area contributed by atoms with Crippen molar-refractivity contribution in [1.29, 1.82) is 0 Å². The number of carbonyl (C=O) groups is 1.